The van der Waals surface area contributed by atoms with Crippen LogP contribution in [-0.2, 0) is 14.3 Å². The Hall–Kier alpha value is -1.34. The van der Waals surface area contributed by atoms with Crippen LogP contribution < -0.4 is 10.6 Å². The van der Waals surface area contributed by atoms with E-state index in [4.69, 9.17) is 47.0 Å². The zero-order valence-corrected chi connectivity index (χ0v) is 14.4. The van der Waals surface area contributed by atoms with Gasteiger partial charge in [0.2, 0.25) is 5.91 Å². The highest BCUT2D eigenvalue weighted by Crippen LogP contribution is 2.32. The van der Waals surface area contributed by atoms with Crippen LogP contribution in [0.15, 0.2) is 24.3 Å². The van der Waals surface area contributed by atoms with E-state index in [0.29, 0.717) is 10.7 Å². The lowest BCUT2D eigenvalue weighted by atomic mass is 10.3. The molecule has 0 aromatic heterocycles. The van der Waals surface area contributed by atoms with Crippen LogP contribution in [-0.4, -0.2) is 23.6 Å². The molecule has 0 fully saturated rings. The summed E-state index contributed by atoms with van der Waals surface area (Å²) in [6.07, 6.45) is 2.00. The van der Waals surface area contributed by atoms with Gasteiger partial charge in [-0.05, 0) is 31.3 Å². The van der Waals surface area contributed by atoms with E-state index in [-0.39, 0.29) is 21.8 Å². The van der Waals surface area contributed by atoms with Gasteiger partial charge in [0.05, 0.1) is 27.4 Å². The third-order valence-corrected chi connectivity index (χ3v) is 3.39. The minimum atomic E-state index is -0.621. The summed E-state index contributed by atoms with van der Waals surface area (Å²) in [5.74, 6) is -1.22. The van der Waals surface area contributed by atoms with E-state index < -0.39 is 11.9 Å². The van der Waals surface area contributed by atoms with Gasteiger partial charge in [0.1, 0.15) is 0 Å². The number of benzene rings is 1. The van der Waals surface area contributed by atoms with Gasteiger partial charge in [-0.2, -0.15) is 0 Å². The van der Waals surface area contributed by atoms with Crippen molar-refractivity contribution >= 4 is 69.7 Å². The molecule has 9 heteroatoms. The number of hydrogen-bond acceptors (Lipinski definition) is 4. The maximum atomic E-state index is 11.5. The summed E-state index contributed by atoms with van der Waals surface area (Å²) in [5.41, 5.74) is 0.385. The number of amides is 1. The lowest BCUT2D eigenvalue weighted by Crippen LogP contribution is -2.33. The van der Waals surface area contributed by atoms with Crippen LogP contribution in [0.2, 0.25) is 15.1 Å². The molecule has 0 saturated heterocycles. The minimum Gasteiger partial charge on any atom is -0.463 e. The molecule has 0 aliphatic rings. The first-order valence-corrected chi connectivity index (χ1v) is 7.49. The molecule has 22 heavy (non-hydrogen) atoms. The van der Waals surface area contributed by atoms with E-state index in [1.165, 1.54) is 12.1 Å². The molecule has 1 amide bonds. The van der Waals surface area contributed by atoms with E-state index >= 15 is 0 Å². The molecule has 2 N–H and O–H groups in total. The molecule has 118 valence electrons. The number of carbonyl (C=O) groups is 2. The van der Waals surface area contributed by atoms with E-state index in [0.717, 1.165) is 12.2 Å². The van der Waals surface area contributed by atoms with Gasteiger partial charge in [-0.15, -0.1) is 0 Å². The highest BCUT2D eigenvalue weighted by molar-refractivity contribution is 7.80. The van der Waals surface area contributed by atoms with Crippen LogP contribution in [0.25, 0.3) is 0 Å². The lowest BCUT2D eigenvalue weighted by molar-refractivity contribution is -0.137. The van der Waals surface area contributed by atoms with E-state index in [9.17, 15) is 9.59 Å². The van der Waals surface area contributed by atoms with Gasteiger partial charge in [0.15, 0.2) is 5.11 Å². The largest absolute Gasteiger partial charge is 0.463 e. The molecule has 0 aliphatic heterocycles. The Kier molecular flexibility index (Phi) is 7.61. The second-order valence-electron chi connectivity index (χ2n) is 3.77. The smallest absolute Gasteiger partial charge is 0.330 e. The number of ether oxygens (including phenoxy) is 1. The molecule has 0 unspecified atom stereocenters. The van der Waals surface area contributed by atoms with Crippen LogP contribution >= 0.6 is 47.0 Å². The zero-order chi connectivity index (χ0) is 16.7. The molecule has 5 nitrogen and oxygen atoms in total. The average molecular weight is 382 g/mol. The third kappa shape index (κ3) is 6.19. The van der Waals surface area contributed by atoms with Crippen molar-refractivity contribution in [3.8, 4) is 0 Å². The van der Waals surface area contributed by atoms with Crippen molar-refractivity contribution in [3.63, 3.8) is 0 Å². The predicted molar refractivity (Wildman–Crippen MR) is 91.6 cm³/mol. The molecule has 0 atom stereocenters. The minimum absolute atomic E-state index is 0.0150. The molecule has 0 spiro atoms. The number of nitrogens with one attached hydrogen (secondary N) is 2. The van der Waals surface area contributed by atoms with Crippen LogP contribution in [0.3, 0.4) is 0 Å². The van der Waals surface area contributed by atoms with Crippen molar-refractivity contribution in [1.82, 2.24) is 5.32 Å². The fourth-order valence-electron chi connectivity index (χ4n) is 1.26. The summed E-state index contributed by atoms with van der Waals surface area (Å²) in [6.45, 7) is 1.88. The van der Waals surface area contributed by atoms with Gasteiger partial charge >= 0.3 is 5.97 Å². The fourth-order valence-corrected chi connectivity index (χ4v) is 2.06. The van der Waals surface area contributed by atoms with E-state index in [2.05, 4.69) is 15.4 Å². The number of halogens is 3. The van der Waals surface area contributed by atoms with Crippen LogP contribution in [0.1, 0.15) is 6.92 Å². The molecule has 1 aromatic rings. The van der Waals surface area contributed by atoms with Crippen molar-refractivity contribution < 1.29 is 14.3 Å². The third-order valence-electron chi connectivity index (χ3n) is 2.15. The number of esters is 1. The van der Waals surface area contributed by atoms with Gasteiger partial charge in [0, 0.05) is 12.2 Å². The van der Waals surface area contributed by atoms with Crippen molar-refractivity contribution in [2.45, 2.75) is 6.92 Å². The standard InChI is InChI=1S/C13H11Cl3N2O3S/c1-2-21-12(20)4-3-11(19)18-13(22)17-10-6-8(15)7(14)5-9(10)16/h3-6H,2H2,1H3,(H2,17,18,19,22)/b4-3+. The second kappa shape index (κ2) is 8.95. The maximum absolute atomic E-state index is 11.5. The normalized spacial score (nSPS) is 10.4. The van der Waals surface area contributed by atoms with Crippen molar-refractivity contribution in [2.24, 2.45) is 0 Å². The first kappa shape index (κ1) is 18.7. The molecule has 0 saturated carbocycles. The molecule has 1 rings (SSSR count). The summed E-state index contributed by atoms with van der Waals surface area (Å²) >= 11 is 22.6. The molecule has 0 heterocycles. The number of thiocarbonyl (C=S) groups is 1. The molecule has 0 radical (unpaired) electrons. The first-order valence-electron chi connectivity index (χ1n) is 5.94. The van der Waals surface area contributed by atoms with E-state index in [1.54, 1.807) is 6.92 Å². The van der Waals surface area contributed by atoms with Crippen LogP contribution in [0.5, 0.6) is 0 Å². The Morgan fingerprint density at radius 3 is 2.45 bits per heavy atom. The van der Waals surface area contributed by atoms with Crippen LogP contribution in [0.4, 0.5) is 5.69 Å². The quantitative estimate of drug-likeness (QED) is 0.361. The lowest BCUT2D eigenvalue weighted by Gasteiger charge is -2.10. The maximum Gasteiger partial charge on any atom is 0.330 e. The van der Waals surface area contributed by atoms with Gasteiger partial charge < -0.3 is 10.1 Å². The van der Waals surface area contributed by atoms with Crippen molar-refractivity contribution in [3.05, 3.63) is 39.4 Å². The molecular weight excluding hydrogens is 371 g/mol. The highest BCUT2D eigenvalue weighted by Gasteiger charge is 2.09. The average Bonchev–Trinajstić information content (AvgIpc) is 2.43. The van der Waals surface area contributed by atoms with Gasteiger partial charge in [-0.3, -0.25) is 10.1 Å². The summed E-state index contributed by atoms with van der Waals surface area (Å²) in [5, 5.41) is 5.88. The Bertz CT molecular complexity index is 635. The monoisotopic (exact) mass is 380 g/mol. The topological polar surface area (TPSA) is 67.4 Å². The second-order valence-corrected chi connectivity index (χ2v) is 5.40. The SMILES string of the molecule is CCOC(=O)/C=C/C(=O)NC(=S)Nc1cc(Cl)c(Cl)cc1Cl. The zero-order valence-electron chi connectivity index (χ0n) is 11.3. The Labute approximate surface area is 147 Å². The number of rotatable bonds is 4. The molecule has 0 aliphatic carbocycles. The number of hydrogen-bond donors (Lipinski definition) is 2. The van der Waals surface area contributed by atoms with Gasteiger partial charge in [-0.25, -0.2) is 4.79 Å². The fraction of sp³-hybridized carbons (Fsp3) is 0.154. The predicted octanol–water partition coefficient (Wildman–Crippen LogP) is 3.58. The Morgan fingerprint density at radius 2 is 1.82 bits per heavy atom. The van der Waals surface area contributed by atoms with Gasteiger partial charge in [-0.1, -0.05) is 34.8 Å². The number of anilines is 1. The van der Waals surface area contributed by atoms with Crippen molar-refractivity contribution in [2.75, 3.05) is 11.9 Å². The van der Waals surface area contributed by atoms with Crippen molar-refractivity contribution in [1.29, 1.82) is 0 Å². The summed E-state index contributed by atoms with van der Waals surface area (Å²) in [4.78, 5) is 22.6. The Balaban J connectivity index is 2.62. The summed E-state index contributed by atoms with van der Waals surface area (Å²) in [7, 11) is 0. The van der Waals surface area contributed by atoms with Gasteiger partial charge in [0.25, 0.3) is 0 Å². The Morgan fingerprint density at radius 1 is 1.18 bits per heavy atom. The summed E-state index contributed by atoms with van der Waals surface area (Å²) < 4.78 is 4.63. The number of carbonyl (C=O) groups excluding carboxylic acids is 2. The highest BCUT2D eigenvalue weighted by atomic mass is 35.5. The molecular formula is C13H11Cl3N2O3S. The molecule has 1 aromatic carbocycles. The first-order chi connectivity index (χ1) is 10.3. The van der Waals surface area contributed by atoms with E-state index in [1.807, 2.05) is 0 Å². The summed E-state index contributed by atoms with van der Waals surface area (Å²) in [6, 6.07) is 2.91. The van der Waals surface area contributed by atoms with Crippen LogP contribution in [0, 0.1) is 0 Å². The molecule has 0 bridgehead atoms.